The molecule has 0 aliphatic heterocycles. The van der Waals surface area contributed by atoms with Crippen molar-refractivity contribution in [2.45, 2.75) is 20.4 Å². The number of hydrogen-bond acceptors (Lipinski definition) is 3. The smallest absolute Gasteiger partial charge is 0.322 e. The van der Waals surface area contributed by atoms with Crippen molar-refractivity contribution in [2.75, 3.05) is 11.4 Å². The summed E-state index contributed by atoms with van der Waals surface area (Å²) in [6.07, 6.45) is 0. The van der Waals surface area contributed by atoms with E-state index in [0.29, 0.717) is 13.1 Å². The van der Waals surface area contributed by atoms with E-state index in [2.05, 4.69) is 10.5 Å². The summed E-state index contributed by atoms with van der Waals surface area (Å²) in [6, 6.07) is 15.3. The van der Waals surface area contributed by atoms with Crippen LogP contribution in [-0.4, -0.2) is 17.7 Å². The van der Waals surface area contributed by atoms with E-state index < -0.39 is 0 Å². The van der Waals surface area contributed by atoms with Crippen LogP contribution in [0.3, 0.4) is 0 Å². The third kappa shape index (κ3) is 3.04. The van der Waals surface area contributed by atoms with E-state index in [1.807, 2.05) is 62.4 Å². The Morgan fingerprint density at radius 1 is 1.17 bits per heavy atom. The Balaban J connectivity index is 1.74. The van der Waals surface area contributed by atoms with E-state index in [0.717, 1.165) is 27.9 Å². The van der Waals surface area contributed by atoms with Crippen LogP contribution in [-0.2, 0) is 6.54 Å². The van der Waals surface area contributed by atoms with Crippen molar-refractivity contribution < 1.29 is 9.32 Å². The van der Waals surface area contributed by atoms with Crippen molar-refractivity contribution in [1.82, 2.24) is 10.5 Å². The van der Waals surface area contributed by atoms with Crippen LogP contribution >= 0.6 is 0 Å². The second kappa shape index (κ2) is 6.52. The van der Waals surface area contributed by atoms with E-state index in [1.54, 1.807) is 4.90 Å². The van der Waals surface area contributed by atoms with Gasteiger partial charge >= 0.3 is 6.03 Å². The van der Waals surface area contributed by atoms with Crippen LogP contribution in [0.15, 0.2) is 53.1 Å². The van der Waals surface area contributed by atoms with Crippen LogP contribution in [0.2, 0.25) is 0 Å². The van der Waals surface area contributed by atoms with Gasteiger partial charge in [0, 0.05) is 17.6 Å². The number of nitrogens with zero attached hydrogens (tertiary/aromatic N) is 2. The summed E-state index contributed by atoms with van der Waals surface area (Å²) in [4.78, 5) is 14.2. The van der Waals surface area contributed by atoms with Crippen molar-refractivity contribution in [3.8, 4) is 0 Å². The molecule has 0 unspecified atom stereocenters. The number of carbonyl (C=O) groups excluding carboxylic acids is 1. The lowest BCUT2D eigenvalue weighted by molar-refractivity contribution is 0.246. The Bertz CT molecular complexity index is 826. The van der Waals surface area contributed by atoms with Gasteiger partial charge in [0.2, 0.25) is 0 Å². The van der Waals surface area contributed by atoms with Crippen molar-refractivity contribution in [2.24, 2.45) is 0 Å². The number of rotatable bonds is 4. The number of fused-ring (bicyclic) bond motifs is 1. The molecule has 0 aliphatic rings. The quantitative estimate of drug-likeness (QED) is 0.796. The average Bonchev–Trinajstić information content (AvgIpc) is 2.98. The molecule has 5 nitrogen and oxygen atoms in total. The number of amides is 2. The van der Waals surface area contributed by atoms with Gasteiger partial charge in [0.1, 0.15) is 5.69 Å². The van der Waals surface area contributed by atoms with Gasteiger partial charge in [-0.3, -0.25) is 4.90 Å². The highest BCUT2D eigenvalue weighted by molar-refractivity contribution is 5.93. The predicted octanol–water partition coefficient (Wildman–Crippen LogP) is 3.87. The first kappa shape index (κ1) is 15.1. The summed E-state index contributed by atoms with van der Waals surface area (Å²) in [6.45, 7) is 4.88. The Kier molecular flexibility index (Phi) is 4.28. The van der Waals surface area contributed by atoms with Crippen LogP contribution in [0.25, 0.3) is 11.0 Å². The average molecular weight is 309 g/mol. The summed E-state index contributed by atoms with van der Waals surface area (Å²) < 4.78 is 5.26. The molecule has 3 aromatic rings. The zero-order chi connectivity index (χ0) is 16.2. The number of anilines is 1. The SMILES string of the molecule is CCN(C(=O)NCc1noc2ccccc12)c1ccccc1C. The van der Waals surface area contributed by atoms with E-state index in [-0.39, 0.29) is 6.03 Å². The van der Waals surface area contributed by atoms with Gasteiger partial charge in [0.15, 0.2) is 5.58 Å². The largest absolute Gasteiger partial charge is 0.356 e. The molecule has 2 aromatic carbocycles. The summed E-state index contributed by atoms with van der Waals surface area (Å²) in [5, 5.41) is 7.88. The summed E-state index contributed by atoms with van der Waals surface area (Å²) >= 11 is 0. The molecular weight excluding hydrogens is 290 g/mol. The number of hydrogen-bond donors (Lipinski definition) is 1. The van der Waals surface area contributed by atoms with Crippen LogP contribution in [0.1, 0.15) is 18.2 Å². The minimum absolute atomic E-state index is 0.145. The molecule has 0 spiro atoms. The van der Waals surface area contributed by atoms with Crippen molar-refractivity contribution >= 4 is 22.7 Å². The summed E-state index contributed by atoms with van der Waals surface area (Å²) in [5.41, 5.74) is 3.44. The minimum atomic E-state index is -0.145. The van der Waals surface area contributed by atoms with Gasteiger partial charge in [-0.05, 0) is 37.6 Å². The number of nitrogens with one attached hydrogen (secondary N) is 1. The summed E-state index contributed by atoms with van der Waals surface area (Å²) in [5.74, 6) is 0. The molecule has 5 heteroatoms. The molecule has 0 radical (unpaired) electrons. The van der Waals surface area contributed by atoms with Crippen molar-refractivity contribution in [3.63, 3.8) is 0 Å². The molecule has 1 aromatic heterocycles. The first-order valence-corrected chi connectivity index (χ1v) is 7.65. The zero-order valence-electron chi connectivity index (χ0n) is 13.2. The number of aromatic nitrogens is 1. The molecule has 0 bridgehead atoms. The molecule has 0 saturated carbocycles. The molecule has 118 valence electrons. The Hall–Kier alpha value is -2.82. The highest BCUT2D eigenvalue weighted by atomic mass is 16.5. The minimum Gasteiger partial charge on any atom is -0.356 e. The molecule has 3 rings (SSSR count). The number of carbonyl (C=O) groups is 1. The van der Waals surface area contributed by atoms with Gasteiger partial charge in [0.05, 0.1) is 6.54 Å². The molecule has 0 aliphatic carbocycles. The fourth-order valence-corrected chi connectivity index (χ4v) is 2.61. The van der Waals surface area contributed by atoms with Crippen LogP contribution < -0.4 is 10.2 Å². The number of benzene rings is 2. The molecule has 0 atom stereocenters. The van der Waals surface area contributed by atoms with Crippen LogP contribution in [0.4, 0.5) is 10.5 Å². The molecule has 0 fully saturated rings. The number of para-hydroxylation sites is 2. The lowest BCUT2D eigenvalue weighted by atomic mass is 10.2. The molecule has 1 N–H and O–H groups in total. The van der Waals surface area contributed by atoms with Crippen molar-refractivity contribution in [1.29, 1.82) is 0 Å². The topological polar surface area (TPSA) is 58.4 Å². The van der Waals surface area contributed by atoms with Crippen molar-refractivity contribution in [3.05, 3.63) is 59.8 Å². The molecule has 1 heterocycles. The molecule has 0 saturated heterocycles. The lowest BCUT2D eigenvalue weighted by Gasteiger charge is -2.23. The monoisotopic (exact) mass is 309 g/mol. The van der Waals surface area contributed by atoms with E-state index >= 15 is 0 Å². The van der Waals surface area contributed by atoms with Gasteiger partial charge in [-0.25, -0.2) is 4.79 Å². The van der Waals surface area contributed by atoms with E-state index in [1.165, 1.54) is 0 Å². The maximum Gasteiger partial charge on any atom is 0.322 e. The van der Waals surface area contributed by atoms with Crippen LogP contribution in [0, 0.1) is 6.92 Å². The maximum atomic E-state index is 12.5. The normalized spacial score (nSPS) is 10.7. The standard InChI is InChI=1S/C18H19N3O2/c1-3-21(16-10-6-4-8-13(16)2)18(22)19-12-15-14-9-5-7-11-17(14)23-20-15/h4-11H,3,12H2,1-2H3,(H,19,22). The molecule has 2 amide bonds. The van der Waals surface area contributed by atoms with Gasteiger partial charge in [-0.2, -0.15) is 0 Å². The lowest BCUT2D eigenvalue weighted by Crippen LogP contribution is -2.40. The highest BCUT2D eigenvalue weighted by Crippen LogP contribution is 2.20. The number of aryl methyl sites for hydroxylation is 1. The second-order valence-corrected chi connectivity index (χ2v) is 5.31. The Morgan fingerprint density at radius 3 is 2.70 bits per heavy atom. The van der Waals surface area contributed by atoms with Gasteiger partial charge in [-0.1, -0.05) is 35.5 Å². The summed E-state index contributed by atoms with van der Waals surface area (Å²) in [7, 11) is 0. The first-order chi connectivity index (χ1) is 11.2. The second-order valence-electron chi connectivity index (χ2n) is 5.31. The van der Waals surface area contributed by atoms with Gasteiger partial charge in [0.25, 0.3) is 0 Å². The zero-order valence-corrected chi connectivity index (χ0v) is 13.2. The van der Waals surface area contributed by atoms with Gasteiger partial charge in [-0.15, -0.1) is 0 Å². The van der Waals surface area contributed by atoms with Gasteiger partial charge < -0.3 is 9.84 Å². The van der Waals surface area contributed by atoms with E-state index in [9.17, 15) is 4.79 Å². The fraction of sp³-hybridized carbons (Fsp3) is 0.222. The number of urea groups is 1. The molecule has 23 heavy (non-hydrogen) atoms. The fourth-order valence-electron chi connectivity index (χ4n) is 2.61. The maximum absolute atomic E-state index is 12.5. The van der Waals surface area contributed by atoms with Crippen LogP contribution in [0.5, 0.6) is 0 Å². The van der Waals surface area contributed by atoms with E-state index in [4.69, 9.17) is 4.52 Å². The Morgan fingerprint density at radius 2 is 1.91 bits per heavy atom. The highest BCUT2D eigenvalue weighted by Gasteiger charge is 2.16. The third-order valence-corrected chi connectivity index (χ3v) is 3.83. The molecular formula is C18H19N3O2. The third-order valence-electron chi connectivity index (χ3n) is 3.83. The Labute approximate surface area is 134 Å². The predicted molar refractivity (Wildman–Crippen MR) is 90.4 cm³/mol. The first-order valence-electron chi connectivity index (χ1n) is 7.65.